The molecule has 0 spiro atoms. The van der Waals surface area contributed by atoms with Gasteiger partial charge in [-0.05, 0) is 19.4 Å². The molecule has 1 N–H and O–H groups in total. The zero-order chi connectivity index (χ0) is 14.9. The number of rotatable bonds is 2. The van der Waals surface area contributed by atoms with Crippen molar-refractivity contribution in [2.45, 2.75) is 13.3 Å². The predicted molar refractivity (Wildman–Crippen MR) is 71.9 cm³/mol. The molecule has 0 aromatic carbocycles. The Morgan fingerprint density at radius 1 is 1.55 bits per heavy atom. The number of hydrogen-bond acceptors (Lipinski definition) is 3. The van der Waals surface area contributed by atoms with Gasteiger partial charge < -0.3 is 10.2 Å². The Hall–Kier alpha value is -1.69. The third-order valence-corrected chi connectivity index (χ3v) is 3.87. The summed E-state index contributed by atoms with van der Waals surface area (Å²) in [5, 5.41) is 2.55. The lowest BCUT2D eigenvalue weighted by Crippen LogP contribution is -2.40. The molecule has 108 valence electrons. The molecule has 2 rings (SSSR count). The standard InChI is InChI=1S/C13H15ClFN3O2/c1-13(12(20)16-2)3-4-18(7-13)11(19)9-5-8(15)6-17-10(9)14/h5-6H,3-4,7H2,1-2H3,(H,16,20). The summed E-state index contributed by atoms with van der Waals surface area (Å²) in [4.78, 5) is 29.3. The molecule has 0 saturated carbocycles. The molecule has 1 aliphatic rings. The molecule has 0 aliphatic carbocycles. The fourth-order valence-corrected chi connectivity index (χ4v) is 2.55. The zero-order valence-corrected chi connectivity index (χ0v) is 12.0. The molecule has 5 nitrogen and oxygen atoms in total. The van der Waals surface area contributed by atoms with E-state index in [1.165, 1.54) is 4.90 Å². The van der Waals surface area contributed by atoms with Gasteiger partial charge in [0.2, 0.25) is 5.91 Å². The van der Waals surface area contributed by atoms with Gasteiger partial charge in [-0.2, -0.15) is 0 Å². The van der Waals surface area contributed by atoms with Crippen LogP contribution in [-0.4, -0.2) is 41.8 Å². The molecule has 1 unspecified atom stereocenters. The van der Waals surface area contributed by atoms with Gasteiger partial charge in [0.15, 0.2) is 0 Å². The van der Waals surface area contributed by atoms with Gasteiger partial charge in [-0.1, -0.05) is 11.6 Å². The van der Waals surface area contributed by atoms with E-state index in [2.05, 4.69) is 10.3 Å². The largest absolute Gasteiger partial charge is 0.359 e. The average Bonchev–Trinajstić information content (AvgIpc) is 2.83. The summed E-state index contributed by atoms with van der Waals surface area (Å²) in [5.74, 6) is -1.14. The van der Waals surface area contributed by atoms with Gasteiger partial charge in [0, 0.05) is 20.1 Å². The number of aromatic nitrogens is 1. The van der Waals surface area contributed by atoms with E-state index in [1.54, 1.807) is 14.0 Å². The van der Waals surface area contributed by atoms with Gasteiger partial charge in [-0.15, -0.1) is 0 Å². The van der Waals surface area contributed by atoms with Crippen molar-refractivity contribution in [2.75, 3.05) is 20.1 Å². The highest BCUT2D eigenvalue weighted by molar-refractivity contribution is 6.32. The Morgan fingerprint density at radius 2 is 2.25 bits per heavy atom. The van der Waals surface area contributed by atoms with Gasteiger partial charge in [-0.3, -0.25) is 9.59 Å². The molecular weight excluding hydrogens is 285 g/mol. The Kier molecular flexibility index (Phi) is 3.94. The number of carbonyl (C=O) groups excluding carboxylic acids is 2. The lowest BCUT2D eigenvalue weighted by atomic mass is 9.89. The van der Waals surface area contributed by atoms with Gasteiger partial charge in [0.05, 0.1) is 17.2 Å². The van der Waals surface area contributed by atoms with Crippen LogP contribution >= 0.6 is 11.6 Å². The average molecular weight is 300 g/mol. The molecule has 1 aromatic rings. The second kappa shape index (κ2) is 5.36. The first-order valence-corrected chi connectivity index (χ1v) is 6.58. The summed E-state index contributed by atoms with van der Waals surface area (Å²) in [6.07, 6.45) is 1.51. The number of carbonyl (C=O) groups is 2. The molecular formula is C13H15ClFN3O2. The lowest BCUT2D eigenvalue weighted by molar-refractivity contribution is -0.128. The van der Waals surface area contributed by atoms with Crippen molar-refractivity contribution in [3.63, 3.8) is 0 Å². The maximum Gasteiger partial charge on any atom is 0.257 e. The normalized spacial score (nSPS) is 21.9. The number of amides is 2. The van der Waals surface area contributed by atoms with Crippen LogP contribution in [0.15, 0.2) is 12.3 Å². The zero-order valence-electron chi connectivity index (χ0n) is 11.2. The van der Waals surface area contributed by atoms with Crippen molar-refractivity contribution in [3.05, 3.63) is 28.8 Å². The van der Waals surface area contributed by atoms with Crippen molar-refractivity contribution in [2.24, 2.45) is 5.41 Å². The van der Waals surface area contributed by atoms with Gasteiger partial charge in [-0.25, -0.2) is 9.37 Å². The highest BCUT2D eigenvalue weighted by atomic mass is 35.5. The molecule has 2 heterocycles. The number of nitrogens with one attached hydrogen (secondary N) is 1. The van der Waals surface area contributed by atoms with Crippen LogP contribution in [0, 0.1) is 11.2 Å². The van der Waals surface area contributed by atoms with Gasteiger partial charge in [0.25, 0.3) is 5.91 Å². The van der Waals surface area contributed by atoms with Gasteiger partial charge in [0.1, 0.15) is 11.0 Å². The van der Waals surface area contributed by atoms with Crippen molar-refractivity contribution in [1.82, 2.24) is 15.2 Å². The third-order valence-electron chi connectivity index (χ3n) is 3.57. The molecule has 1 aliphatic heterocycles. The van der Waals surface area contributed by atoms with Crippen molar-refractivity contribution < 1.29 is 14.0 Å². The van der Waals surface area contributed by atoms with Crippen LogP contribution in [0.3, 0.4) is 0 Å². The fraction of sp³-hybridized carbons (Fsp3) is 0.462. The molecule has 20 heavy (non-hydrogen) atoms. The third kappa shape index (κ3) is 2.60. The Morgan fingerprint density at radius 3 is 2.90 bits per heavy atom. The quantitative estimate of drug-likeness (QED) is 0.841. The highest BCUT2D eigenvalue weighted by Crippen LogP contribution is 2.31. The van der Waals surface area contributed by atoms with E-state index < -0.39 is 17.1 Å². The van der Waals surface area contributed by atoms with Crippen LogP contribution in [0.5, 0.6) is 0 Å². The number of pyridine rings is 1. The number of nitrogens with zero attached hydrogens (tertiary/aromatic N) is 2. The van der Waals surface area contributed by atoms with E-state index >= 15 is 0 Å². The second-order valence-electron chi connectivity index (χ2n) is 5.11. The smallest absolute Gasteiger partial charge is 0.257 e. The maximum absolute atomic E-state index is 13.2. The monoisotopic (exact) mass is 299 g/mol. The summed E-state index contributed by atoms with van der Waals surface area (Å²) in [6.45, 7) is 2.50. The number of halogens is 2. The minimum absolute atomic E-state index is 0.0211. The first-order valence-electron chi connectivity index (χ1n) is 6.20. The molecule has 1 fully saturated rings. The van der Waals surface area contributed by atoms with Crippen LogP contribution in [0.1, 0.15) is 23.7 Å². The van der Waals surface area contributed by atoms with E-state index in [0.29, 0.717) is 13.0 Å². The van der Waals surface area contributed by atoms with E-state index in [1.807, 2.05) is 0 Å². The van der Waals surface area contributed by atoms with Crippen molar-refractivity contribution in [1.29, 1.82) is 0 Å². The molecule has 0 bridgehead atoms. The predicted octanol–water partition coefficient (Wildman–Crippen LogP) is 1.47. The molecule has 2 amide bonds. The first-order chi connectivity index (χ1) is 9.37. The summed E-state index contributed by atoms with van der Waals surface area (Å²) in [6, 6.07) is 1.06. The summed E-state index contributed by atoms with van der Waals surface area (Å²) in [5.41, 5.74) is -0.606. The second-order valence-corrected chi connectivity index (χ2v) is 5.47. The van der Waals surface area contributed by atoms with Crippen molar-refractivity contribution in [3.8, 4) is 0 Å². The fourth-order valence-electron chi connectivity index (χ4n) is 2.36. The minimum Gasteiger partial charge on any atom is -0.359 e. The Bertz CT molecular complexity index is 567. The van der Waals surface area contributed by atoms with E-state index in [-0.39, 0.29) is 23.2 Å². The first kappa shape index (κ1) is 14.7. The summed E-state index contributed by atoms with van der Waals surface area (Å²) < 4.78 is 13.2. The highest BCUT2D eigenvalue weighted by Gasteiger charge is 2.42. The Balaban J connectivity index is 2.20. The number of hydrogen-bond donors (Lipinski definition) is 1. The topological polar surface area (TPSA) is 62.3 Å². The van der Waals surface area contributed by atoms with Crippen LogP contribution in [0.25, 0.3) is 0 Å². The SMILES string of the molecule is CNC(=O)C1(C)CCN(C(=O)c2cc(F)cnc2Cl)C1. The van der Waals surface area contributed by atoms with E-state index in [9.17, 15) is 14.0 Å². The minimum atomic E-state index is -0.627. The van der Waals surface area contributed by atoms with Crippen LogP contribution in [0.4, 0.5) is 4.39 Å². The van der Waals surface area contributed by atoms with Crippen LogP contribution in [-0.2, 0) is 4.79 Å². The number of likely N-dealkylation sites (tertiary alicyclic amines) is 1. The van der Waals surface area contributed by atoms with Crippen LogP contribution < -0.4 is 5.32 Å². The molecule has 1 saturated heterocycles. The summed E-state index contributed by atoms with van der Waals surface area (Å²) in [7, 11) is 1.56. The molecule has 1 aromatic heterocycles. The van der Waals surface area contributed by atoms with Crippen LogP contribution in [0.2, 0.25) is 5.15 Å². The van der Waals surface area contributed by atoms with Crippen molar-refractivity contribution >= 4 is 23.4 Å². The Labute approximate surface area is 121 Å². The maximum atomic E-state index is 13.2. The van der Waals surface area contributed by atoms with E-state index in [0.717, 1.165) is 12.3 Å². The van der Waals surface area contributed by atoms with E-state index in [4.69, 9.17) is 11.6 Å². The molecule has 0 radical (unpaired) electrons. The summed E-state index contributed by atoms with van der Waals surface area (Å²) >= 11 is 5.83. The molecule has 1 atom stereocenters. The lowest BCUT2D eigenvalue weighted by Gasteiger charge is -2.22. The van der Waals surface area contributed by atoms with Gasteiger partial charge >= 0.3 is 0 Å². The molecule has 7 heteroatoms.